The van der Waals surface area contributed by atoms with Crippen molar-refractivity contribution >= 4 is 42.3 Å². The summed E-state index contributed by atoms with van der Waals surface area (Å²) < 4.78 is 26.7. The first-order chi connectivity index (χ1) is 13.8. The second-order valence-electron chi connectivity index (χ2n) is 12.4. The van der Waals surface area contributed by atoms with Gasteiger partial charge >= 0.3 is 25.7 Å². The zero-order chi connectivity index (χ0) is 24.6. The Balaban J connectivity index is -0.000000214. The van der Waals surface area contributed by atoms with Crippen LogP contribution in [0.1, 0.15) is 111 Å². The summed E-state index contributed by atoms with van der Waals surface area (Å²) in [6.45, 7) is 29.2. The van der Waals surface area contributed by atoms with Crippen molar-refractivity contribution < 1.29 is 16.5 Å². The van der Waals surface area contributed by atoms with Gasteiger partial charge in [-0.25, -0.2) is 0 Å². The first-order valence-electron chi connectivity index (χ1n) is 12.6. The Morgan fingerprint density at radius 2 is 0.842 bits per heavy atom. The Bertz CT molecular complexity index is 506. The maximum Gasteiger partial charge on any atom is 0.315 e. The van der Waals surface area contributed by atoms with Crippen molar-refractivity contribution in [2.24, 2.45) is 5.92 Å². The predicted molar refractivity (Wildman–Crippen MR) is 197 cm³/mol. The van der Waals surface area contributed by atoms with E-state index < -0.39 is 42.3 Å². The van der Waals surface area contributed by atoms with Gasteiger partial charge in [-0.15, -0.1) is 0 Å². The van der Waals surface area contributed by atoms with Gasteiger partial charge in [-0.1, -0.05) is 111 Å². The summed E-state index contributed by atoms with van der Waals surface area (Å²) in [5.41, 5.74) is 0. The summed E-state index contributed by atoms with van der Waals surface area (Å²) in [7, 11) is -10.2. The van der Waals surface area contributed by atoms with Crippen molar-refractivity contribution in [2.75, 3.05) is 0 Å². The smallest absolute Gasteiger partial charge is 0.315 e. The van der Waals surface area contributed by atoms with Crippen molar-refractivity contribution in [3.63, 3.8) is 0 Å². The monoisotopic (exact) mass is 637 g/mol. The van der Waals surface area contributed by atoms with Crippen LogP contribution in [0.3, 0.4) is 0 Å². The highest BCUT2D eigenvalue weighted by Gasteiger charge is 2.46. The van der Waals surface area contributed by atoms with Crippen molar-refractivity contribution in [1.82, 2.24) is 0 Å². The fourth-order valence-electron chi connectivity index (χ4n) is 4.33. The van der Waals surface area contributed by atoms with Gasteiger partial charge in [-0.05, 0) is 84.0 Å². The molecule has 2 unspecified atom stereocenters. The fourth-order valence-corrected chi connectivity index (χ4v) is 27.6. The Morgan fingerprint density at radius 1 is 0.474 bits per heavy atom. The van der Waals surface area contributed by atoms with Crippen LogP contribution < -0.4 is 0 Å². The van der Waals surface area contributed by atoms with Crippen molar-refractivity contribution in [1.29, 1.82) is 0 Å². The quantitative estimate of drug-likeness (QED) is 0.117. The Kier molecular flexibility index (Phi) is 37.8. The van der Waals surface area contributed by atoms with Crippen LogP contribution in [0.5, 0.6) is 0 Å². The van der Waals surface area contributed by atoms with Crippen LogP contribution in [-0.2, 0) is 16.5 Å². The Morgan fingerprint density at radius 3 is 1.24 bits per heavy atom. The fraction of sp³-hybridized carbons (Fsp3) is 1.00. The molecule has 0 rings (SSSR count). The predicted octanol–water partition coefficient (Wildman–Crippen LogP) is 13.0. The largest absolute Gasteiger partial charge is 0.437 e. The third-order valence-electron chi connectivity index (χ3n) is 5.05. The minimum absolute atomic E-state index is 0. The number of rotatable bonds is 17. The molecule has 0 spiro atoms. The maximum absolute atomic E-state index is 6.86. The van der Waals surface area contributed by atoms with Gasteiger partial charge in [0.1, 0.15) is 0 Å². The van der Waals surface area contributed by atoms with Crippen LogP contribution in [0, 0.1) is 5.92 Å². The van der Waals surface area contributed by atoms with Crippen LogP contribution in [0.15, 0.2) is 0 Å². The summed E-state index contributed by atoms with van der Waals surface area (Å²) in [6, 6.07) is 1.07. The number of hydrogen-bond acceptors (Lipinski definition) is 4. The van der Waals surface area contributed by atoms with Gasteiger partial charge < -0.3 is 16.5 Å². The Labute approximate surface area is 252 Å². The van der Waals surface area contributed by atoms with Gasteiger partial charge in [0.05, 0.1) is 0 Å². The van der Waals surface area contributed by atoms with E-state index in [2.05, 4.69) is 85.9 Å². The molecule has 0 aliphatic heterocycles. The van der Waals surface area contributed by atoms with Gasteiger partial charge in [0.15, 0.2) is 16.6 Å². The van der Waals surface area contributed by atoms with Gasteiger partial charge in [-0.2, -0.15) is 0 Å². The molecule has 0 bridgehead atoms. The van der Waals surface area contributed by atoms with Crippen LogP contribution in [0.2, 0.25) is 78.1 Å². The van der Waals surface area contributed by atoms with Crippen molar-refractivity contribution in [3.05, 3.63) is 0 Å². The molecule has 244 valence electrons. The molecule has 0 fully saturated rings. The van der Waals surface area contributed by atoms with Crippen LogP contribution in [-0.4, -0.2) is 42.3 Å². The molecule has 0 saturated heterocycles. The van der Waals surface area contributed by atoms with Crippen molar-refractivity contribution in [3.8, 4) is 0 Å². The zero-order valence-corrected chi connectivity index (χ0v) is 28.4. The standard InChI is InChI=1S/C22H56O4Si5.7CH4/c1-14-22(2)20-18-16-15-17-19-21-31(13,24-28(6,7)8)26-30(11,12)25-29(9,10)23-27(3,4)5;;;;;;;/h22H,14-21H2,1-13H3;7*1H4. The second kappa shape index (κ2) is 24.5. The SMILES string of the molecule is C.C.C.C.C.C.C.CCC(C)CCCCCCC[Si](C)(O[Si](C)(C)C)O[Si](C)(C)O[Si](C)(C)O[Si](C)(C)C. The normalized spacial score (nSPS) is 13.8. The highest BCUT2D eigenvalue weighted by atomic mass is 28.5. The van der Waals surface area contributed by atoms with E-state index in [1.165, 1.54) is 44.9 Å². The van der Waals surface area contributed by atoms with Gasteiger partial charge in [0.25, 0.3) is 0 Å². The third kappa shape index (κ3) is 33.1. The lowest BCUT2D eigenvalue weighted by atomic mass is 10.0. The summed E-state index contributed by atoms with van der Waals surface area (Å²) in [6.07, 6.45) is 9.22. The lowest BCUT2D eigenvalue weighted by molar-refractivity contribution is 0.294. The number of hydrogen-bond donors (Lipinski definition) is 0. The third-order valence-corrected chi connectivity index (χ3v) is 22.5. The molecule has 2 atom stereocenters. The summed E-state index contributed by atoms with van der Waals surface area (Å²) in [5.74, 6) is 0.874. The Hall–Kier alpha value is 0.924. The van der Waals surface area contributed by atoms with Gasteiger partial charge in [0.2, 0.25) is 0 Å². The molecule has 0 aromatic heterocycles. The molecule has 38 heavy (non-hydrogen) atoms. The van der Waals surface area contributed by atoms with E-state index in [-0.39, 0.29) is 52.0 Å². The van der Waals surface area contributed by atoms with Gasteiger partial charge in [0, 0.05) is 0 Å². The van der Waals surface area contributed by atoms with Crippen LogP contribution in [0.4, 0.5) is 0 Å². The first kappa shape index (κ1) is 58.5. The molecule has 0 radical (unpaired) electrons. The van der Waals surface area contributed by atoms with E-state index >= 15 is 0 Å². The van der Waals surface area contributed by atoms with Gasteiger partial charge in [-0.3, -0.25) is 0 Å². The lowest BCUT2D eigenvalue weighted by Gasteiger charge is -2.42. The maximum atomic E-state index is 6.86. The summed E-state index contributed by atoms with van der Waals surface area (Å²) >= 11 is 0. The summed E-state index contributed by atoms with van der Waals surface area (Å²) in [4.78, 5) is 0. The van der Waals surface area contributed by atoms with Crippen LogP contribution in [0.25, 0.3) is 0 Å². The van der Waals surface area contributed by atoms with Crippen LogP contribution >= 0.6 is 0 Å². The molecule has 4 nitrogen and oxygen atoms in total. The van der Waals surface area contributed by atoms with E-state index in [0.29, 0.717) is 0 Å². The molecule has 0 heterocycles. The van der Waals surface area contributed by atoms with E-state index in [0.717, 1.165) is 12.0 Å². The highest BCUT2D eigenvalue weighted by molar-refractivity contribution is 6.90. The minimum Gasteiger partial charge on any atom is -0.437 e. The second-order valence-corrected chi connectivity index (χ2v) is 32.5. The molecule has 0 saturated carbocycles. The van der Waals surface area contributed by atoms with E-state index in [9.17, 15) is 0 Å². The minimum atomic E-state index is -2.35. The first-order valence-corrected chi connectivity index (χ1v) is 27.6. The molecule has 0 N–H and O–H groups in total. The van der Waals surface area contributed by atoms with E-state index in [1.54, 1.807) is 0 Å². The molecular formula is C29H84O4Si5. The number of unbranched alkanes of at least 4 members (excludes halogenated alkanes) is 4. The van der Waals surface area contributed by atoms with E-state index in [4.69, 9.17) is 16.5 Å². The molecule has 0 aromatic carbocycles. The average Bonchev–Trinajstić information content (AvgIpc) is 2.47. The lowest BCUT2D eigenvalue weighted by Crippen LogP contribution is -2.59. The molecule has 0 aromatic rings. The molecule has 0 amide bonds. The molecule has 0 aliphatic rings. The van der Waals surface area contributed by atoms with Crippen molar-refractivity contribution in [2.45, 2.75) is 189 Å². The molecule has 0 aliphatic carbocycles. The molecular weight excluding hydrogens is 553 g/mol. The molecule has 9 heteroatoms. The zero-order valence-electron chi connectivity index (χ0n) is 23.4. The highest BCUT2D eigenvalue weighted by Crippen LogP contribution is 2.29. The average molecular weight is 637 g/mol. The van der Waals surface area contributed by atoms with E-state index in [1.807, 2.05) is 0 Å². The summed E-state index contributed by atoms with van der Waals surface area (Å²) in [5, 5.41) is 0. The topological polar surface area (TPSA) is 36.9 Å².